The largest absolute Gasteiger partial charge is 0.354 e. The maximum Gasteiger partial charge on any atom is 0.270 e. The molecule has 2 aromatic rings. The van der Waals surface area contributed by atoms with Crippen LogP contribution in [0.1, 0.15) is 53.8 Å². The second-order valence-corrected chi connectivity index (χ2v) is 9.14. The van der Waals surface area contributed by atoms with E-state index in [-0.39, 0.29) is 11.3 Å². The number of amides is 1. The third kappa shape index (κ3) is 4.27. The number of piperazine rings is 1. The summed E-state index contributed by atoms with van der Waals surface area (Å²) in [6.07, 6.45) is 0.803. The molecule has 0 radical (unpaired) electrons. The van der Waals surface area contributed by atoms with Crippen LogP contribution in [0.4, 0.5) is 5.82 Å². The molecule has 0 saturated carbocycles. The molecule has 3 heterocycles. The van der Waals surface area contributed by atoms with Gasteiger partial charge in [-0.05, 0) is 29.9 Å². The highest BCUT2D eigenvalue weighted by molar-refractivity contribution is 5.96. The van der Waals surface area contributed by atoms with Crippen molar-refractivity contribution < 1.29 is 4.79 Å². The predicted molar refractivity (Wildman–Crippen MR) is 115 cm³/mol. The molecule has 2 aliphatic rings. The molecule has 6 heteroatoms. The monoisotopic (exact) mass is 393 g/mol. The normalized spacial score (nSPS) is 17.8. The van der Waals surface area contributed by atoms with Crippen LogP contribution in [-0.4, -0.2) is 53.5 Å². The molecule has 0 aliphatic carbocycles. The van der Waals surface area contributed by atoms with Crippen LogP contribution in [0.3, 0.4) is 0 Å². The molecule has 1 amide bonds. The number of anilines is 1. The van der Waals surface area contributed by atoms with Crippen LogP contribution in [0, 0.1) is 6.92 Å². The van der Waals surface area contributed by atoms with Crippen molar-refractivity contribution >= 4 is 11.7 Å². The Morgan fingerprint density at radius 1 is 1.03 bits per heavy atom. The van der Waals surface area contributed by atoms with E-state index in [0.717, 1.165) is 50.5 Å². The van der Waals surface area contributed by atoms with E-state index in [4.69, 9.17) is 4.98 Å². The quantitative estimate of drug-likeness (QED) is 0.869. The second-order valence-electron chi connectivity index (χ2n) is 9.14. The van der Waals surface area contributed by atoms with Gasteiger partial charge < -0.3 is 10.2 Å². The van der Waals surface area contributed by atoms with Crippen molar-refractivity contribution in [3.63, 3.8) is 0 Å². The Balaban J connectivity index is 1.42. The Labute approximate surface area is 173 Å². The maximum atomic E-state index is 12.2. The van der Waals surface area contributed by atoms with Crippen LogP contribution in [-0.2, 0) is 18.4 Å². The molecule has 0 unspecified atom stereocenters. The van der Waals surface area contributed by atoms with Crippen LogP contribution in [0.25, 0.3) is 0 Å². The van der Waals surface area contributed by atoms with E-state index >= 15 is 0 Å². The second kappa shape index (κ2) is 7.75. The number of hydrogen-bond acceptors (Lipinski definition) is 5. The fourth-order valence-corrected chi connectivity index (χ4v) is 4.13. The molecule has 1 saturated heterocycles. The first-order chi connectivity index (χ1) is 13.8. The first-order valence-electron chi connectivity index (χ1n) is 10.5. The molecule has 154 valence electrons. The smallest absolute Gasteiger partial charge is 0.270 e. The van der Waals surface area contributed by atoms with Gasteiger partial charge in [0.05, 0.1) is 0 Å². The van der Waals surface area contributed by atoms with Gasteiger partial charge in [0.15, 0.2) is 0 Å². The van der Waals surface area contributed by atoms with Crippen molar-refractivity contribution in [1.82, 2.24) is 20.2 Å². The summed E-state index contributed by atoms with van der Waals surface area (Å²) in [4.78, 5) is 26.1. The van der Waals surface area contributed by atoms with E-state index in [1.807, 2.05) is 6.92 Å². The molecule has 0 spiro atoms. The predicted octanol–water partition coefficient (Wildman–Crippen LogP) is 2.69. The van der Waals surface area contributed by atoms with Gasteiger partial charge in [-0.1, -0.05) is 45.0 Å². The number of carbonyl (C=O) groups excluding carboxylic acids is 1. The summed E-state index contributed by atoms with van der Waals surface area (Å²) in [5.74, 6) is 1.55. The molecule has 0 bridgehead atoms. The molecule has 1 aromatic heterocycles. The summed E-state index contributed by atoms with van der Waals surface area (Å²) in [5, 5.41) is 2.89. The van der Waals surface area contributed by atoms with Gasteiger partial charge in [-0.15, -0.1) is 0 Å². The minimum absolute atomic E-state index is 0.0738. The number of nitrogens with zero attached hydrogens (tertiary/aromatic N) is 4. The van der Waals surface area contributed by atoms with Crippen LogP contribution < -0.4 is 10.2 Å². The average molecular weight is 394 g/mol. The lowest BCUT2D eigenvalue weighted by Gasteiger charge is -2.37. The van der Waals surface area contributed by atoms with Crippen molar-refractivity contribution in [3.8, 4) is 0 Å². The van der Waals surface area contributed by atoms with Gasteiger partial charge in [0.1, 0.15) is 17.3 Å². The summed E-state index contributed by atoms with van der Waals surface area (Å²) < 4.78 is 0. The number of nitrogens with one attached hydrogen (secondary N) is 1. The summed E-state index contributed by atoms with van der Waals surface area (Å²) in [5.41, 5.74) is 4.48. The summed E-state index contributed by atoms with van der Waals surface area (Å²) in [6.45, 7) is 14.1. The SMILES string of the molecule is Cc1nc2c(c(N3CCN(Cc4ccc(C(C)(C)C)cc4)CC3)n1)CCNC2=O. The van der Waals surface area contributed by atoms with Crippen LogP contribution in [0.15, 0.2) is 24.3 Å². The van der Waals surface area contributed by atoms with E-state index in [1.165, 1.54) is 11.1 Å². The maximum absolute atomic E-state index is 12.2. The zero-order valence-electron chi connectivity index (χ0n) is 18.0. The third-order valence-corrected chi connectivity index (χ3v) is 5.87. The van der Waals surface area contributed by atoms with E-state index < -0.39 is 0 Å². The fraction of sp³-hybridized carbons (Fsp3) is 0.522. The standard InChI is InChI=1S/C23H31N5O/c1-16-25-20-19(9-10-24-22(20)29)21(26-16)28-13-11-27(12-14-28)15-17-5-7-18(8-6-17)23(2,3)4/h5-8H,9-15H2,1-4H3,(H,24,29). The topological polar surface area (TPSA) is 61.4 Å². The molecule has 2 aliphatic heterocycles. The van der Waals surface area contributed by atoms with Gasteiger partial charge in [0, 0.05) is 44.8 Å². The Bertz CT molecular complexity index is 893. The molecule has 6 nitrogen and oxygen atoms in total. The Kier molecular flexibility index (Phi) is 5.30. The van der Waals surface area contributed by atoms with E-state index in [1.54, 1.807) is 0 Å². The van der Waals surface area contributed by atoms with Crippen molar-refractivity contribution in [1.29, 1.82) is 0 Å². The first-order valence-corrected chi connectivity index (χ1v) is 10.5. The third-order valence-electron chi connectivity index (χ3n) is 5.87. The molecule has 1 aromatic carbocycles. The Morgan fingerprint density at radius 3 is 2.38 bits per heavy atom. The highest BCUT2D eigenvalue weighted by Crippen LogP contribution is 2.26. The molecule has 1 N–H and O–H groups in total. The van der Waals surface area contributed by atoms with Crippen molar-refractivity contribution in [2.75, 3.05) is 37.6 Å². The number of carbonyl (C=O) groups is 1. The van der Waals surface area contributed by atoms with Crippen molar-refractivity contribution in [2.45, 2.75) is 46.1 Å². The number of fused-ring (bicyclic) bond motifs is 1. The van der Waals surface area contributed by atoms with Crippen molar-refractivity contribution in [3.05, 3.63) is 52.5 Å². The van der Waals surface area contributed by atoms with Gasteiger partial charge in [0.25, 0.3) is 5.91 Å². The van der Waals surface area contributed by atoms with E-state index in [0.29, 0.717) is 18.1 Å². The Hall–Kier alpha value is -2.47. The average Bonchev–Trinajstić information content (AvgIpc) is 2.69. The highest BCUT2D eigenvalue weighted by atomic mass is 16.1. The number of aryl methyl sites for hydroxylation is 1. The number of rotatable bonds is 3. The minimum Gasteiger partial charge on any atom is -0.354 e. The summed E-state index contributed by atoms with van der Waals surface area (Å²) in [7, 11) is 0. The lowest BCUT2D eigenvalue weighted by atomic mass is 9.87. The fourth-order valence-electron chi connectivity index (χ4n) is 4.13. The minimum atomic E-state index is -0.0738. The number of hydrogen-bond donors (Lipinski definition) is 1. The lowest BCUT2D eigenvalue weighted by Crippen LogP contribution is -2.47. The lowest BCUT2D eigenvalue weighted by molar-refractivity contribution is 0.0940. The first kappa shape index (κ1) is 19.8. The van der Waals surface area contributed by atoms with E-state index in [9.17, 15) is 4.79 Å². The molecule has 0 atom stereocenters. The van der Waals surface area contributed by atoms with Crippen LogP contribution >= 0.6 is 0 Å². The van der Waals surface area contributed by atoms with Gasteiger partial charge in [0.2, 0.25) is 0 Å². The number of aromatic nitrogens is 2. The molecule has 4 rings (SSSR count). The Morgan fingerprint density at radius 2 is 1.72 bits per heavy atom. The van der Waals surface area contributed by atoms with E-state index in [2.05, 4.69) is 65.1 Å². The molecule has 29 heavy (non-hydrogen) atoms. The molecular formula is C23H31N5O. The van der Waals surface area contributed by atoms with Gasteiger partial charge in [-0.3, -0.25) is 9.69 Å². The van der Waals surface area contributed by atoms with Crippen molar-refractivity contribution in [2.24, 2.45) is 0 Å². The zero-order chi connectivity index (χ0) is 20.6. The summed E-state index contributed by atoms with van der Waals surface area (Å²) in [6, 6.07) is 9.03. The van der Waals surface area contributed by atoms with Gasteiger partial charge in [-0.2, -0.15) is 0 Å². The molecule has 1 fully saturated rings. The van der Waals surface area contributed by atoms with Gasteiger partial charge >= 0.3 is 0 Å². The summed E-state index contributed by atoms with van der Waals surface area (Å²) >= 11 is 0. The van der Waals surface area contributed by atoms with Gasteiger partial charge in [-0.25, -0.2) is 9.97 Å². The molecular weight excluding hydrogens is 362 g/mol. The zero-order valence-corrected chi connectivity index (χ0v) is 18.0. The van der Waals surface area contributed by atoms with Crippen LogP contribution in [0.5, 0.6) is 0 Å². The van der Waals surface area contributed by atoms with Crippen LogP contribution in [0.2, 0.25) is 0 Å². The number of benzene rings is 1. The highest BCUT2D eigenvalue weighted by Gasteiger charge is 2.27.